The van der Waals surface area contributed by atoms with E-state index < -0.39 is 0 Å². The minimum Gasteiger partial charge on any atom is -0.369 e. The average molecular weight is 383 g/mol. The van der Waals surface area contributed by atoms with E-state index in [0.29, 0.717) is 0 Å². The molecule has 1 aromatic heterocycles. The van der Waals surface area contributed by atoms with Crippen LogP contribution < -0.4 is 4.90 Å². The Hall–Kier alpha value is -2.70. The molecule has 138 valence electrons. The zero-order valence-electron chi connectivity index (χ0n) is 14.7. The lowest BCUT2D eigenvalue weighted by atomic mass is 10.1. The molecule has 1 saturated heterocycles. The lowest BCUT2D eigenvalue weighted by Crippen LogP contribution is -2.46. The van der Waals surface area contributed by atoms with Gasteiger partial charge in [-0.15, -0.1) is 0 Å². The van der Waals surface area contributed by atoms with Crippen LogP contribution in [0.2, 0.25) is 5.02 Å². The molecular weight excluding hydrogens is 364 g/mol. The minimum absolute atomic E-state index is 0.121. The van der Waals surface area contributed by atoms with Crippen LogP contribution in [0.4, 0.5) is 11.4 Å². The highest BCUT2D eigenvalue weighted by Crippen LogP contribution is 2.27. The molecule has 2 heterocycles. The van der Waals surface area contributed by atoms with E-state index in [1.165, 1.54) is 0 Å². The number of aromatic nitrogens is 1. The maximum atomic E-state index is 10.8. The lowest BCUT2D eigenvalue weighted by molar-refractivity contribution is -0.384. The molecule has 6 nitrogen and oxygen atoms in total. The van der Waals surface area contributed by atoms with Gasteiger partial charge < -0.3 is 4.90 Å². The van der Waals surface area contributed by atoms with Crippen molar-refractivity contribution in [1.82, 2.24) is 9.88 Å². The molecule has 27 heavy (non-hydrogen) atoms. The Labute approximate surface area is 162 Å². The largest absolute Gasteiger partial charge is 0.369 e. The smallest absolute Gasteiger partial charge is 0.269 e. The van der Waals surface area contributed by atoms with Gasteiger partial charge in [-0.05, 0) is 24.3 Å². The molecule has 0 atom stereocenters. The van der Waals surface area contributed by atoms with Crippen LogP contribution in [0.15, 0.2) is 54.7 Å². The number of pyridine rings is 1. The van der Waals surface area contributed by atoms with Gasteiger partial charge in [0.2, 0.25) is 0 Å². The number of halogens is 1. The summed E-state index contributed by atoms with van der Waals surface area (Å²) in [4.78, 5) is 19.6. The van der Waals surface area contributed by atoms with E-state index in [-0.39, 0.29) is 10.6 Å². The Morgan fingerprint density at radius 1 is 1.04 bits per heavy atom. The zero-order valence-corrected chi connectivity index (χ0v) is 15.5. The van der Waals surface area contributed by atoms with Crippen molar-refractivity contribution >= 4 is 33.9 Å². The molecule has 2 aromatic carbocycles. The van der Waals surface area contributed by atoms with Gasteiger partial charge >= 0.3 is 0 Å². The second-order valence-corrected chi connectivity index (χ2v) is 7.04. The van der Waals surface area contributed by atoms with Gasteiger partial charge in [0.1, 0.15) is 0 Å². The van der Waals surface area contributed by atoms with E-state index >= 15 is 0 Å². The summed E-state index contributed by atoms with van der Waals surface area (Å²) in [5.41, 5.74) is 3.17. The predicted molar refractivity (Wildman–Crippen MR) is 107 cm³/mol. The number of non-ortho nitro benzene ring substituents is 1. The summed E-state index contributed by atoms with van der Waals surface area (Å²) in [6.45, 7) is 4.30. The number of anilines is 1. The van der Waals surface area contributed by atoms with E-state index in [2.05, 4.69) is 20.9 Å². The maximum absolute atomic E-state index is 10.8. The van der Waals surface area contributed by atoms with Crippen molar-refractivity contribution in [2.45, 2.75) is 6.54 Å². The van der Waals surface area contributed by atoms with Crippen LogP contribution in [-0.2, 0) is 6.54 Å². The fourth-order valence-corrected chi connectivity index (χ4v) is 3.72. The zero-order chi connectivity index (χ0) is 18.8. The summed E-state index contributed by atoms with van der Waals surface area (Å²) in [7, 11) is 0. The molecule has 7 heteroatoms. The Morgan fingerprint density at radius 2 is 1.78 bits per heavy atom. The van der Waals surface area contributed by atoms with Gasteiger partial charge in [0.15, 0.2) is 0 Å². The number of nitrogens with zero attached hydrogens (tertiary/aromatic N) is 4. The van der Waals surface area contributed by atoms with Crippen LogP contribution in [0.3, 0.4) is 0 Å². The molecule has 0 aliphatic carbocycles. The third kappa shape index (κ3) is 3.72. The molecule has 1 aliphatic heterocycles. The topological polar surface area (TPSA) is 62.5 Å². The standard InChI is InChI=1S/C20H19ClN4O2/c21-19-8-3-15-2-1-9-22-20(15)18(19)14-23-10-12-24(13-11-23)16-4-6-17(7-5-16)25(26)27/h1-9H,10-14H2. The molecular formula is C20H19ClN4O2. The summed E-state index contributed by atoms with van der Waals surface area (Å²) in [5.74, 6) is 0. The highest BCUT2D eigenvalue weighted by molar-refractivity contribution is 6.32. The maximum Gasteiger partial charge on any atom is 0.269 e. The number of rotatable bonds is 4. The second-order valence-electron chi connectivity index (χ2n) is 6.64. The van der Waals surface area contributed by atoms with Crippen LogP contribution in [0.5, 0.6) is 0 Å². The highest BCUT2D eigenvalue weighted by atomic mass is 35.5. The van der Waals surface area contributed by atoms with E-state index in [1.807, 2.05) is 30.3 Å². The van der Waals surface area contributed by atoms with E-state index in [4.69, 9.17) is 11.6 Å². The molecule has 0 N–H and O–H groups in total. The first-order chi connectivity index (χ1) is 13.1. The molecule has 1 fully saturated rings. The van der Waals surface area contributed by atoms with Gasteiger partial charge in [-0.1, -0.05) is 23.7 Å². The minimum atomic E-state index is -0.371. The third-order valence-corrected chi connectivity index (χ3v) is 5.36. The molecule has 4 rings (SSSR count). The van der Waals surface area contributed by atoms with Crippen molar-refractivity contribution < 1.29 is 4.92 Å². The van der Waals surface area contributed by atoms with E-state index in [9.17, 15) is 10.1 Å². The number of hydrogen-bond donors (Lipinski definition) is 0. The molecule has 0 bridgehead atoms. The van der Waals surface area contributed by atoms with Crippen molar-refractivity contribution in [3.63, 3.8) is 0 Å². The van der Waals surface area contributed by atoms with Gasteiger partial charge in [-0.3, -0.25) is 20.0 Å². The summed E-state index contributed by atoms with van der Waals surface area (Å²) in [6, 6.07) is 14.7. The quantitative estimate of drug-likeness (QED) is 0.501. The van der Waals surface area contributed by atoms with Gasteiger partial charge in [0.25, 0.3) is 5.69 Å². The fraction of sp³-hybridized carbons (Fsp3) is 0.250. The molecule has 0 spiro atoms. The number of benzene rings is 2. The average Bonchev–Trinajstić information content (AvgIpc) is 2.71. The highest BCUT2D eigenvalue weighted by Gasteiger charge is 2.20. The summed E-state index contributed by atoms with van der Waals surface area (Å²) < 4.78 is 0. The number of hydrogen-bond acceptors (Lipinski definition) is 5. The van der Waals surface area contributed by atoms with Crippen molar-refractivity contribution in [3.05, 3.63) is 75.4 Å². The number of nitro groups is 1. The van der Waals surface area contributed by atoms with Crippen molar-refractivity contribution in [2.75, 3.05) is 31.1 Å². The van der Waals surface area contributed by atoms with Crippen LogP contribution in [0.25, 0.3) is 10.9 Å². The number of nitro benzene ring substituents is 1. The Bertz CT molecular complexity index is 969. The second kappa shape index (κ2) is 7.50. The van der Waals surface area contributed by atoms with Crippen LogP contribution in [0.1, 0.15) is 5.56 Å². The van der Waals surface area contributed by atoms with Gasteiger partial charge in [-0.25, -0.2) is 0 Å². The molecule has 0 unspecified atom stereocenters. The van der Waals surface area contributed by atoms with Crippen LogP contribution in [0, 0.1) is 10.1 Å². The van der Waals surface area contributed by atoms with Crippen LogP contribution >= 0.6 is 11.6 Å². The SMILES string of the molecule is O=[N+]([O-])c1ccc(N2CCN(Cc3c(Cl)ccc4cccnc34)CC2)cc1. The summed E-state index contributed by atoms with van der Waals surface area (Å²) in [5, 5.41) is 12.6. The first-order valence-corrected chi connectivity index (χ1v) is 9.23. The molecule has 0 radical (unpaired) electrons. The number of fused-ring (bicyclic) bond motifs is 1. The monoisotopic (exact) mass is 382 g/mol. The fourth-order valence-electron chi connectivity index (χ4n) is 3.50. The van der Waals surface area contributed by atoms with Crippen molar-refractivity contribution in [2.24, 2.45) is 0 Å². The van der Waals surface area contributed by atoms with E-state index in [0.717, 1.165) is 59.9 Å². The molecule has 0 saturated carbocycles. The van der Waals surface area contributed by atoms with Crippen LogP contribution in [-0.4, -0.2) is 41.0 Å². The predicted octanol–water partition coefficient (Wildman–Crippen LogP) is 4.12. The summed E-state index contributed by atoms with van der Waals surface area (Å²) >= 11 is 6.46. The normalized spacial score (nSPS) is 15.2. The Balaban J connectivity index is 1.44. The van der Waals surface area contributed by atoms with Gasteiger partial charge in [0.05, 0.1) is 10.4 Å². The molecule has 3 aromatic rings. The molecule has 1 aliphatic rings. The van der Waals surface area contributed by atoms with Crippen molar-refractivity contribution in [3.8, 4) is 0 Å². The summed E-state index contributed by atoms with van der Waals surface area (Å²) in [6.07, 6.45) is 1.80. The first-order valence-electron chi connectivity index (χ1n) is 8.86. The lowest BCUT2D eigenvalue weighted by Gasteiger charge is -2.36. The van der Waals surface area contributed by atoms with Crippen molar-refractivity contribution in [1.29, 1.82) is 0 Å². The van der Waals surface area contributed by atoms with E-state index in [1.54, 1.807) is 18.3 Å². The Kier molecular flexibility index (Phi) is 4.92. The van der Waals surface area contributed by atoms with Gasteiger partial charge in [-0.2, -0.15) is 0 Å². The molecule has 0 amide bonds. The van der Waals surface area contributed by atoms with Gasteiger partial charge in [0, 0.05) is 72.7 Å². The first kappa shape index (κ1) is 17.7. The number of piperazine rings is 1. The third-order valence-electron chi connectivity index (χ3n) is 5.00. The Morgan fingerprint density at radius 3 is 2.48 bits per heavy atom.